The summed E-state index contributed by atoms with van der Waals surface area (Å²) in [6.45, 7) is 0. The number of carbonyl (C=O) groups is 2. The fraction of sp³-hybridized carbons (Fsp3) is 0.0435. The molecule has 2 N–H and O–H groups in total. The summed E-state index contributed by atoms with van der Waals surface area (Å²) >= 11 is 1.14. The monoisotopic (exact) mass is 405 g/mol. The molecule has 0 saturated heterocycles. The Hall–Kier alpha value is -3.51. The summed E-state index contributed by atoms with van der Waals surface area (Å²) < 4.78 is 13.2. The molecular weight excluding hydrogens is 389 g/mol. The molecule has 1 heterocycles. The van der Waals surface area contributed by atoms with Gasteiger partial charge in [-0.05, 0) is 34.0 Å². The van der Waals surface area contributed by atoms with Crippen molar-refractivity contribution in [3.05, 3.63) is 89.1 Å². The van der Waals surface area contributed by atoms with E-state index < -0.39 is 11.8 Å². The number of aromatic carboxylic acids is 1. The fourth-order valence-electron chi connectivity index (χ4n) is 3.29. The second kappa shape index (κ2) is 7.85. The molecule has 0 saturated carbocycles. The van der Waals surface area contributed by atoms with Crippen molar-refractivity contribution in [1.82, 2.24) is 0 Å². The first-order chi connectivity index (χ1) is 14.0. The van der Waals surface area contributed by atoms with E-state index in [4.69, 9.17) is 0 Å². The number of nitrogens with one attached hydrogen (secondary N) is 1. The second-order valence-electron chi connectivity index (χ2n) is 6.53. The molecule has 0 bridgehead atoms. The van der Waals surface area contributed by atoms with Crippen LogP contribution in [0.3, 0.4) is 0 Å². The van der Waals surface area contributed by atoms with Gasteiger partial charge in [0.25, 0.3) is 0 Å². The van der Waals surface area contributed by atoms with Crippen molar-refractivity contribution in [2.24, 2.45) is 0 Å². The maximum absolute atomic E-state index is 13.2. The van der Waals surface area contributed by atoms with E-state index in [1.54, 1.807) is 5.38 Å². The maximum Gasteiger partial charge on any atom is 0.339 e. The van der Waals surface area contributed by atoms with Gasteiger partial charge in [0.2, 0.25) is 5.91 Å². The van der Waals surface area contributed by atoms with Gasteiger partial charge in [-0.25, -0.2) is 9.18 Å². The normalized spacial score (nSPS) is 10.8. The number of benzene rings is 3. The zero-order valence-corrected chi connectivity index (χ0v) is 16.0. The van der Waals surface area contributed by atoms with Crippen LogP contribution in [0.4, 0.5) is 9.39 Å². The molecule has 0 radical (unpaired) electrons. The lowest BCUT2D eigenvalue weighted by Gasteiger charge is -2.08. The lowest BCUT2D eigenvalue weighted by Crippen LogP contribution is -2.15. The second-order valence-corrected chi connectivity index (χ2v) is 7.41. The first kappa shape index (κ1) is 18.8. The summed E-state index contributed by atoms with van der Waals surface area (Å²) in [6, 6.07) is 19.1. The molecule has 0 atom stereocenters. The fourth-order valence-corrected chi connectivity index (χ4v) is 4.27. The van der Waals surface area contributed by atoms with E-state index >= 15 is 0 Å². The Morgan fingerprint density at radius 1 is 0.966 bits per heavy atom. The number of carboxylic acids is 1. The minimum absolute atomic E-state index is 0.00729. The lowest BCUT2D eigenvalue weighted by molar-refractivity contribution is -0.115. The van der Waals surface area contributed by atoms with Crippen molar-refractivity contribution in [1.29, 1.82) is 0 Å². The third-order valence-electron chi connectivity index (χ3n) is 4.64. The van der Waals surface area contributed by atoms with Crippen molar-refractivity contribution in [3.63, 3.8) is 0 Å². The van der Waals surface area contributed by atoms with Crippen molar-refractivity contribution in [2.45, 2.75) is 6.42 Å². The minimum Gasteiger partial charge on any atom is -0.478 e. The summed E-state index contributed by atoms with van der Waals surface area (Å²) in [5, 5.41) is 16.4. The van der Waals surface area contributed by atoms with Gasteiger partial charge in [0, 0.05) is 10.9 Å². The number of rotatable bonds is 5. The number of hydrogen-bond acceptors (Lipinski definition) is 3. The molecule has 1 amide bonds. The zero-order valence-electron chi connectivity index (χ0n) is 15.2. The highest BCUT2D eigenvalue weighted by Gasteiger charge is 2.21. The van der Waals surface area contributed by atoms with Crippen molar-refractivity contribution in [3.8, 4) is 11.1 Å². The molecular formula is C23H16FNO3S. The number of thiophene rings is 1. The number of fused-ring (bicyclic) bond motifs is 1. The van der Waals surface area contributed by atoms with Crippen LogP contribution in [0.15, 0.2) is 72.1 Å². The van der Waals surface area contributed by atoms with Crippen molar-refractivity contribution < 1.29 is 19.1 Å². The third kappa shape index (κ3) is 3.88. The van der Waals surface area contributed by atoms with Gasteiger partial charge < -0.3 is 10.4 Å². The third-order valence-corrected chi connectivity index (χ3v) is 5.54. The molecule has 4 rings (SSSR count). The Bertz CT molecular complexity index is 1210. The van der Waals surface area contributed by atoms with Crippen molar-refractivity contribution in [2.75, 3.05) is 5.32 Å². The first-order valence-electron chi connectivity index (χ1n) is 8.90. The van der Waals surface area contributed by atoms with Crippen LogP contribution in [0, 0.1) is 5.82 Å². The molecule has 4 nitrogen and oxygen atoms in total. The average molecular weight is 405 g/mol. The standard InChI is InChI=1S/C23H16FNO3S/c24-17-10-8-15(9-11-17)19-13-29-22(21(19)23(27)28)25-20(26)12-16-6-3-5-14-4-1-2-7-18(14)16/h1-11,13H,12H2,(H,25,26)(H,27,28). The van der Waals surface area contributed by atoms with Gasteiger partial charge in [-0.15, -0.1) is 11.3 Å². The predicted molar refractivity (Wildman–Crippen MR) is 113 cm³/mol. The van der Waals surface area contributed by atoms with Gasteiger partial charge in [-0.2, -0.15) is 0 Å². The van der Waals surface area contributed by atoms with Crippen LogP contribution in [0.25, 0.3) is 21.9 Å². The van der Waals surface area contributed by atoms with Gasteiger partial charge in [-0.3, -0.25) is 4.79 Å². The van der Waals surface area contributed by atoms with Gasteiger partial charge in [0.05, 0.1) is 6.42 Å². The number of halogens is 1. The number of carbonyl (C=O) groups excluding carboxylic acids is 1. The number of amides is 1. The SMILES string of the molecule is O=C(Cc1cccc2ccccc12)Nc1scc(-c2ccc(F)cc2)c1C(=O)O. The molecule has 6 heteroatoms. The molecule has 0 aliphatic carbocycles. The maximum atomic E-state index is 13.2. The summed E-state index contributed by atoms with van der Waals surface area (Å²) in [5.74, 6) is -1.84. The summed E-state index contributed by atoms with van der Waals surface area (Å²) in [6.07, 6.45) is 0.129. The summed E-state index contributed by atoms with van der Waals surface area (Å²) in [7, 11) is 0. The van der Waals surface area contributed by atoms with E-state index in [2.05, 4.69) is 5.32 Å². The van der Waals surface area contributed by atoms with Crippen LogP contribution in [0.2, 0.25) is 0 Å². The van der Waals surface area contributed by atoms with E-state index in [1.165, 1.54) is 24.3 Å². The van der Waals surface area contributed by atoms with E-state index in [9.17, 15) is 19.1 Å². The summed E-state index contributed by atoms with van der Waals surface area (Å²) in [4.78, 5) is 24.5. The largest absolute Gasteiger partial charge is 0.478 e. The molecule has 144 valence electrons. The van der Waals surface area contributed by atoms with Crippen LogP contribution >= 0.6 is 11.3 Å². The highest BCUT2D eigenvalue weighted by molar-refractivity contribution is 7.15. The molecule has 0 spiro atoms. The molecule has 0 unspecified atom stereocenters. The van der Waals surface area contributed by atoms with Gasteiger partial charge in [0.1, 0.15) is 16.4 Å². The smallest absolute Gasteiger partial charge is 0.339 e. The number of carboxylic acid groups (broad SMARTS) is 1. The van der Waals surface area contributed by atoms with E-state index in [-0.39, 0.29) is 22.9 Å². The van der Waals surface area contributed by atoms with Crippen LogP contribution in [-0.2, 0) is 11.2 Å². The molecule has 29 heavy (non-hydrogen) atoms. The molecule has 1 aromatic heterocycles. The van der Waals surface area contributed by atoms with Crippen LogP contribution in [-0.4, -0.2) is 17.0 Å². The van der Waals surface area contributed by atoms with Crippen molar-refractivity contribution >= 4 is 39.0 Å². The van der Waals surface area contributed by atoms with Crippen LogP contribution in [0.1, 0.15) is 15.9 Å². The zero-order chi connectivity index (χ0) is 20.4. The minimum atomic E-state index is -1.15. The van der Waals surface area contributed by atoms with Gasteiger partial charge in [0.15, 0.2) is 0 Å². The Kier molecular flexibility index (Phi) is 5.10. The Labute approximate surface area is 170 Å². The Morgan fingerprint density at radius 3 is 2.45 bits per heavy atom. The first-order valence-corrected chi connectivity index (χ1v) is 9.78. The van der Waals surface area contributed by atoms with Crippen LogP contribution in [0.5, 0.6) is 0 Å². The van der Waals surface area contributed by atoms with Gasteiger partial charge >= 0.3 is 5.97 Å². The Balaban J connectivity index is 1.61. The molecule has 0 aliphatic heterocycles. The topological polar surface area (TPSA) is 66.4 Å². The van der Waals surface area contributed by atoms with E-state index in [0.717, 1.165) is 27.7 Å². The quantitative estimate of drug-likeness (QED) is 0.455. The molecule has 4 aromatic rings. The predicted octanol–water partition coefficient (Wildman–Crippen LogP) is 5.59. The Morgan fingerprint density at radius 2 is 1.69 bits per heavy atom. The summed E-state index contributed by atoms with van der Waals surface area (Å²) in [5.41, 5.74) is 1.90. The van der Waals surface area contributed by atoms with Crippen LogP contribution < -0.4 is 5.32 Å². The van der Waals surface area contributed by atoms with Gasteiger partial charge in [-0.1, -0.05) is 54.6 Å². The van der Waals surface area contributed by atoms with E-state index in [1.807, 2.05) is 42.5 Å². The van der Waals surface area contributed by atoms with E-state index in [0.29, 0.717) is 11.1 Å². The highest BCUT2D eigenvalue weighted by Crippen LogP contribution is 2.36. The lowest BCUT2D eigenvalue weighted by atomic mass is 10.0. The molecule has 3 aromatic carbocycles. The molecule has 0 fully saturated rings. The average Bonchev–Trinajstić information content (AvgIpc) is 3.12. The highest BCUT2D eigenvalue weighted by atomic mass is 32.1. The molecule has 0 aliphatic rings. The number of hydrogen-bond donors (Lipinski definition) is 2. The number of anilines is 1.